The normalized spacial score (nSPS) is 12.6. The number of Topliss-reactive ketones (excluding diaryl/α,β-unsaturated/α-hetero) is 2. The van der Waals surface area contributed by atoms with E-state index in [1.807, 2.05) is 19.9 Å². The second-order valence-corrected chi connectivity index (χ2v) is 7.10. The molecule has 0 N–H and O–H groups in total. The minimum atomic E-state index is -1.21. The fourth-order valence-electron chi connectivity index (χ4n) is 2.84. The van der Waals surface area contributed by atoms with E-state index in [1.54, 1.807) is 38.1 Å². The Morgan fingerprint density at radius 1 is 1.04 bits per heavy atom. The molecule has 0 aliphatic rings. The van der Waals surface area contributed by atoms with E-state index in [2.05, 4.69) is 0 Å². The number of hydrogen-bond acceptors (Lipinski definition) is 5. The second-order valence-electron chi connectivity index (χ2n) is 7.10. The molecule has 5 nitrogen and oxygen atoms in total. The molecule has 0 spiro atoms. The second kappa shape index (κ2) is 12.0. The van der Waals surface area contributed by atoms with Gasteiger partial charge in [-0.3, -0.25) is 14.4 Å². The average molecular weight is 386 g/mol. The van der Waals surface area contributed by atoms with Crippen LogP contribution in [0.4, 0.5) is 0 Å². The number of esters is 1. The van der Waals surface area contributed by atoms with E-state index < -0.39 is 29.4 Å². The Balaban J connectivity index is 3.04. The summed E-state index contributed by atoms with van der Waals surface area (Å²) in [5, 5.41) is 0. The first-order chi connectivity index (χ1) is 13.3. The van der Waals surface area contributed by atoms with E-state index in [9.17, 15) is 19.2 Å². The van der Waals surface area contributed by atoms with E-state index in [0.29, 0.717) is 18.4 Å². The maximum atomic E-state index is 12.8. The number of benzene rings is 1. The van der Waals surface area contributed by atoms with Crippen LogP contribution in [0.2, 0.25) is 0 Å². The smallest absolute Gasteiger partial charge is 0.375 e. The third-order valence-corrected chi connectivity index (χ3v) is 4.47. The highest BCUT2D eigenvalue weighted by atomic mass is 16.5. The fraction of sp³-hybridized carbons (Fsp3) is 0.478. The highest BCUT2D eigenvalue weighted by Crippen LogP contribution is 2.23. The van der Waals surface area contributed by atoms with Gasteiger partial charge in [-0.2, -0.15) is 0 Å². The van der Waals surface area contributed by atoms with Gasteiger partial charge in [0.2, 0.25) is 0 Å². The van der Waals surface area contributed by atoms with Crippen LogP contribution in [-0.2, 0) is 19.1 Å². The Labute approximate surface area is 167 Å². The predicted octanol–water partition coefficient (Wildman–Crippen LogP) is 4.35. The molecular weight excluding hydrogens is 356 g/mol. The monoisotopic (exact) mass is 386 g/mol. The fourth-order valence-corrected chi connectivity index (χ4v) is 2.84. The molecule has 0 fully saturated rings. The largest absolute Gasteiger partial charge is 0.460 e. The number of carbonyl (C=O) groups is 4. The molecule has 0 unspecified atom stereocenters. The van der Waals surface area contributed by atoms with Gasteiger partial charge < -0.3 is 4.74 Å². The number of rotatable bonds is 12. The van der Waals surface area contributed by atoms with E-state index in [-0.39, 0.29) is 18.8 Å². The van der Waals surface area contributed by atoms with Crippen molar-refractivity contribution in [1.82, 2.24) is 0 Å². The Hall–Kier alpha value is -2.56. The van der Waals surface area contributed by atoms with Crippen LogP contribution in [0.5, 0.6) is 0 Å². The maximum absolute atomic E-state index is 12.8. The SMILES string of the molecule is CCCCOC(=O)C(=O)[C@@H](C[C@H](CC)C(=O)c1ccccc1)C(=O)C=C(C)C. The van der Waals surface area contributed by atoms with Crippen molar-refractivity contribution in [3.8, 4) is 0 Å². The van der Waals surface area contributed by atoms with Crippen LogP contribution in [0, 0.1) is 11.8 Å². The third-order valence-electron chi connectivity index (χ3n) is 4.47. The summed E-state index contributed by atoms with van der Waals surface area (Å²) in [5.41, 5.74) is 1.25. The van der Waals surface area contributed by atoms with Crippen LogP contribution in [-0.4, -0.2) is 29.9 Å². The average Bonchev–Trinajstić information content (AvgIpc) is 2.68. The van der Waals surface area contributed by atoms with Crippen LogP contribution < -0.4 is 0 Å². The van der Waals surface area contributed by atoms with Gasteiger partial charge in [-0.1, -0.05) is 56.2 Å². The molecule has 0 heterocycles. The Kier molecular flexibility index (Phi) is 10.1. The number of unbranched alkanes of at least 4 members (excludes halogenated alkanes) is 1. The molecule has 0 radical (unpaired) electrons. The summed E-state index contributed by atoms with van der Waals surface area (Å²) in [5.74, 6) is -4.22. The van der Waals surface area contributed by atoms with E-state index >= 15 is 0 Å². The third kappa shape index (κ3) is 7.22. The quantitative estimate of drug-likeness (QED) is 0.133. The van der Waals surface area contributed by atoms with Crippen molar-refractivity contribution in [2.75, 3.05) is 6.61 Å². The summed E-state index contributed by atoms with van der Waals surface area (Å²) < 4.78 is 4.99. The summed E-state index contributed by atoms with van der Waals surface area (Å²) in [6, 6.07) is 8.76. The number of carbonyl (C=O) groups excluding carboxylic acids is 4. The van der Waals surface area contributed by atoms with Gasteiger partial charge in [0.1, 0.15) is 0 Å². The highest BCUT2D eigenvalue weighted by molar-refractivity contribution is 6.39. The minimum Gasteiger partial charge on any atom is -0.460 e. The Morgan fingerprint density at radius 3 is 2.21 bits per heavy atom. The first kappa shape index (κ1) is 23.5. The van der Waals surface area contributed by atoms with Crippen molar-refractivity contribution in [2.24, 2.45) is 11.8 Å². The van der Waals surface area contributed by atoms with E-state index in [0.717, 1.165) is 12.0 Å². The summed E-state index contributed by atoms with van der Waals surface area (Å²) in [6.45, 7) is 7.40. The standard InChI is InChI=1S/C23H30O5/c1-5-7-13-28-23(27)22(26)19(20(24)14-16(3)4)15-17(6-2)21(25)18-11-9-8-10-12-18/h8-12,14,17,19H,5-7,13,15H2,1-4H3/t17-,19-/m0/s1. The lowest BCUT2D eigenvalue weighted by Gasteiger charge is -2.19. The number of allylic oxidation sites excluding steroid dienone is 2. The zero-order valence-corrected chi connectivity index (χ0v) is 17.2. The molecule has 1 aromatic carbocycles. The van der Waals surface area contributed by atoms with Crippen LogP contribution in [0.25, 0.3) is 0 Å². The summed E-state index contributed by atoms with van der Waals surface area (Å²) in [4.78, 5) is 50.2. The van der Waals surface area contributed by atoms with Crippen LogP contribution >= 0.6 is 0 Å². The van der Waals surface area contributed by atoms with Crippen LogP contribution in [0.3, 0.4) is 0 Å². The van der Waals surface area contributed by atoms with Crippen molar-refractivity contribution in [3.05, 3.63) is 47.5 Å². The molecule has 0 aliphatic heterocycles. The number of hydrogen-bond donors (Lipinski definition) is 0. The number of ketones is 3. The molecule has 1 aromatic rings. The molecule has 5 heteroatoms. The van der Waals surface area contributed by atoms with Crippen LogP contribution in [0.1, 0.15) is 63.7 Å². The van der Waals surface area contributed by atoms with Gasteiger partial charge in [0.25, 0.3) is 5.78 Å². The molecule has 1 rings (SSSR count). The van der Waals surface area contributed by atoms with Crippen molar-refractivity contribution >= 4 is 23.3 Å². The number of ether oxygens (including phenoxy) is 1. The van der Waals surface area contributed by atoms with Gasteiger partial charge in [-0.05, 0) is 39.2 Å². The molecule has 0 bridgehead atoms. The van der Waals surface area contributed by atoms with Gasteiger partial charge >= 0.3 is 5.97 Å². The Morgan fingerprint density at radius 2 is 1.68 bits per heavy atom. The van der Waals surface area contributed by atoms with Crippen molar-refractivity contribution < 1.29 is 23.9 Å². The lowest BCUT2D eigenvalue weighted by Crippen LogP contribution is -2.34. The zero-order chi connectivity index (χ0) is 21.1. The van der Waals surface area contributed by atoms with Gasteiger partial charge in [-0.15, -0.1) is 0 Å². The molecule has 0 aromatic heterocycles. The van der Waals surface area contributed by atoms with E-state index in [4.69, 9.17) is 4.74 Å². The van der Waals surface area contributed by atoms with Gasteiger partial charge in [-0.25, -0.2) is 4.79 Å². The maximum Gasteiger partial charge on any atom is 0.375 e. The zero-order valence-electron chi connectivity index (χ0n) is 17.2. The topological polar surface area (TPSA) is 77.5 Å². The summed E-state index contributed by atoms with van der Waals surface area (Å²) >= 11 is 0. The van der Waals surface area contributed by atoms with Gasteiger partial charge in [0, 0.05) is 11.5 Å². The predicted molar refractivity (Wildman–Crippen MR) is 108 cm³/mol. The first-order valence-corrected chi connectivity index (χ1v) is 9.80. The first-order valence-electron chi connectivity index (χ1n) is 9.80. The molecule has 0 saturated carbocycles. The molecule has 0 amide bonds. The van der Waals surface area contributed by atoms with Crippen molar-refractivity contribution in [2.45, 2.75) is 53.4 Å². The van der Waals surface area contributed by atoms with Gasteiger partial charge in [0.15, 0.2) is 11.6 Å². The van der Waals surface area contributed by atoms with E-state index in [1.165, 1.54) is 6.08 Å². The molecule has 2 atom stereocenters. The highest BCUT2D eigenvalue weighted by Gasteiger charge is 2.35. The summed E-state index contributed by atoms with van der Waals surface area (Å²) in [7, 11) is 0. The summed E-state index contributed by atoms with van der Waals surface area (Å²) in [6.07, 6.45) is 3.28. The molecule has 0 saturated heterocycles. The van der Waals surface area contributed by atoms with Gasteiger partial charge in [0.05, 0.1) is 12.5 Å². The van der Waals surface area contributed by atoms with Crippen molar-refractivity contribution in [1.29, 1.82) is 0 Å². The lowest BCUT2D eigenvalue weighted by atomic mass is 9.82. The molecule has 28 heavy (non-hydrogen) atoms. The Bertz CT molecular complexity index is 714. The minimum absolute atomic E-state index is 0.00540. The molecule has 152 valence electrons. The molecular formula is C23H30O5. The van der Waals surface area contributed by atoms with Crippen molar-refractivity contribution in [3.63, 3.8) is 0 Å². The lowest BCUT2D eigenvalue weighted by molar-refractivity contribution is -0.157. The molecule has 0 aliphatic carbocycles. The van der Waals surface area contributed by atoms with Crippen LogP contribution in [0.15, 0.2) is 42.0 Å².